The smallest absolute Gasteiger partial charge is 0.264 e. The number of pyridine rings is 1. The Hall–Kier alpha value is -2.46. The number of aromatic nitrogens is 3. The van der Waals surface area contributed by atoms with Crippen molar-refractivity contribution in [3.8, 4) is 11.3 Å². The second-order valence-electron chi connectivity index (χ2n) is 7.89. The molecule has 0 bridgehead atoms. The molecule has 166 valence electrons. The fourth-order valence-corrected chi connectivity index (χ4v) is 5.21. The van der Waals surface area contributed by atoms with Gasteiger partial charge in [0.05, 0.1) is 28.2 Å². The van der Waals surface area contributed by atoms with Crippen molar-refractivity contribution < 1.29 is 9.11 Å². The minimum Gasteiger partial charge on any atom is -0.370 e. The van der Waals surface area contributed by atoms with Crippen molar-refractivity contribution in [1.82, 2.24) is 19.4 Å². The van der Waals surface area contributed by atoms with Crippen molar-refractivity contribution in [3.63, 3.8) is 0 Å². The SMILES string of the molecule is CCNc1nc(-c2ccc(S(O)(O)CCN3CCCC3)cc2)cc2ncn(C)c(=O)c12. The first-order chi connectivity index (χ1) is 14.9. The summed E-state index contributed by atoms with van der Waals surface area (Å²) in [6.45, 7) is 5.34. The maximum atomic E-state index is 12.6. The third kappa shape index (κ3) is 4.59. The lowest BCUT2D eigenvalue weighted by molar-refractivity contribution is 0.353. The molecule has 0 radical (unpaired) electrons. The predicted octanol–water partition coefficient (Wildman–Crippen LogP) is 3.63. The number of aryl methyl sites for hydroxylation is 1. The maximum absolute atomic E-state index is 12.6. The van der Waals surface area contributed by atoms with Crippen LogP contribution in [0.4, 0.5) is 5.82 Å². The van der Waals surface area contributed by atoms with Crippen molar-refractivity contribution in [2.24, 2.45) is 7.05 Å². The van der Waals surface area contributed by atoms with Crippen LogP contribution in [0.5, 0.6) is 0 Å². The summed E-state index contributed by atoms with van der Waals surface area (Å²) in [5.41, 5.74) is 1.91. The lowest BCUT2D eigenvalue weighted by Gasteiger charge is -2.34. The molecule has 3 aromatic rings. The zero-order valence-corrected chi connectivity index (χ0v) is 18.7. The molecule has 1 aliphatic heterocycles. The van der Waals surface area contributed by atoms with E-state index in [-0.39, 0.29) is 5.56 Å². The van der Waals surface area contributed by atoms with Gasteiger partial charge in [-0.05, 0) is 51.1 Å². The monoisotopic (exact) mass is 443 g/mol. The van der Waals surface area contributed by atoms with E-state index in [2.05, 4.69) is 20.2 Å². The summed E-state index contributed by atoms with van der Waals surface area (Å²) < 4.78 is 22.8. The first-order valence-corrected chi connectivity index (χ1v) is 12.3. The molecule has 3 heterocycles. The van der Waals surface area contributed by atoms with Crippen LogP contribution in [0.25, 0.3) is 22.2 Å². The Morgan fingerprint density at radius 2 is 1.87 bits per heavy atom. The summed E-state index contributed by atoms with van der Waals surface area (Å²) in [7, 11) is -1.17. The van der Waals surface area contributed by atoms with Crippen LogP contribution in [0.3, 0.4) is 0 Å². The quantitative estimate of drug-likeness (QED) is 0.512. The molecule has 1 aromatic carbocycles. The lowest BCUT2D eigenvalue weighted by Crippen LogP contribution is -2.25. The van der Waals surface area contributed by atoms with Crippen molar-refractivity contribution in [2.75, 3.05) is 37.2 Å². The number of hydrogen-bond donors (Lipinski definition) is 3. The third-order valence-electron chi connectivity index (χ3n) is 5.67. The highest BCUT2D eigenvalue weighted by molar-refractivity contribution is 8.24. The maximum Gasteiger partial charge on any atom is 0.264 e. The highest BCUT2D eigenvalue weighted by Crippen LogP contribution is 2.48. The Labute approximate surface area is 183 Å². The van der Waals surface area contributed by atoms with Gasteiger partial charge >= 0.3 is 0 Å². The minimum absolute atomic E-state index is 0.151. The molecule has 1 aliphatic rings. The fourth-order valence-electron chi connectivity index (χ4n) is 3.89. The first-order valence-electron chi connectivity index (χ1n) is 10.6. The van der Waals surface area contributed by atoms with E-state index in [0.717, 1.165) is 18.7 Å². The first kappa shape index (κ1) is 21.8. The summed E-state index contributed by atoms with van der Waals surface area (Å²) in [5.74, 6) is 0.848. The molecule has 0 saturated carbocycles. The number of fused-ring (bicyclic) bond motifs is 1. The third-order valence-corrected chi connectivity index (χ3v) is 7.44. The average molecular weight is 444 g/mol. The second-order valence-corrected chi connectivity index (χ2v) is 10.1. The number of rotatable bonds is 7. The zero-order chi connectivity index (χ0) is 22.0. The molecule has 0 unspecified atom stereocenters. The van der Waals surface area contributed by atoms with Crippen molar-refractivity contribution in [1.29, 1.82) is 0 Å². The molecule has 3 N–H and O–H groups in total. The molecule has 31 heavy (non-hydrogen) atoms. The minimum atomic E-state index is -2.84. The fraction of sp³-hybridized carbons (Fsp3) is 0.409. The Morgan fingerprint density at radius 3 is 2.55 bits per heavy atom. The van der Waals surface area contributed by atoms with Crippen LogP contribution in [-0.2, 0) is 7.05 Å². The van der Waals surface area contributed by atoms with Gasteiger partial charge in [0.25, 0.3) is 5.56 Å². The number of hydrogen-bond acceptors (Lipinski definition) is 7. The molecule has 0 atom stereocenters. The molecule has 0 amide bonds. The van der Waals surface area contributed by atoms with Gasteiger partial charge in [-0.3, -0.25) is 13.9 Å². The van der Waals surface area contributed by atoms with E-state index in [4.69, 9.17) is 0 Å². The van der Waals surface area contributed by atoms with Gasteiger partial charge in [-0.1, -0.05) is 12.1 Å². The summed E-state index contributed by atoms with van der Waals surface area (Å²) in [5, 5.41) is 3.62. The molecular formula is C22H29N5O3S. The van der Waals surface area contributed by atoms with Crippen molar-refractivity contribution >= 4 is 27.3 Å². The zero-order valence-electron chi connectivity index (χ0n) is 17.9. The van der Waals surface area contributed by atoms with E-state index in [1.54, 1.807) is 25.2 Å². The summed E-state index contributed by atoms with van der Waals surface area (Å²) in [6.07, 6.45) is 3.87. The predicted molar refractivity (Wildman–Crippen MR) is 126 cm³/mol. The number of nitrogens with zero attached hydrogens (tertiary/aromatic N) is 4. The highest BCUT2D eigenvalue weighted by Gasteiger charge is 2.20. The number of nitrogens with one attached hydrogen (secondary N) is 1. The number of likely N-dealkylation sites (tertiary alicyclic amines) is 1. The average Bonchev–Trinajstić information content (AvgIpc) is 3.29. The van der Waals surface area contributed by atoms with Gasteiger partial charge in [0.15, 0.2) is 0 Å². The van der Waals surface area contributed by atoms with Gasteiger partial charge in [-0.15, -0.1) is 0 Å². The van der Waals surface area contributed by atoms with Crippen LogP contribution < -0.4 is 10.9 Å². The van der Waals surface area contributed by atoms with Crippen LogP contribution in [0.15, 0.2) is 46.3 Å². The van der Waals surface area contributed by atoms with Crippen LogP contribution in [0.1, 0.15) is 19.8 Å². The van der Waals surface area contributed by atoms with Crippen LogP contribution in [0, 0.1) is 0 Å². The number of anilines is 1. The van der Waals surface area contributed by atoms with Gasteiger partial charge in [0.2, 0.25) is 0 Å². The lowest BCUT2D eigenvalue weighted by atomic mass is 10.1. The molecular weight excluding hydrogens is 414 g/mol. The standard InChI is InChI=1S/C22H29N5O3S/c1-3-23-21-20-19(24-15-26(2)22(20)28)14-18(25-21)16-6-8-17(9-7-16)31(29,30)13-12-27-10-4-5-11-27/h6-9,14-15,29-30H,3-5,10-13H2,1-2H3,(H,23,25). The van der Waals surface area contributed by atoms with Gasteiger partial charge in [-0.25, -0.2) is 9.97 Å². The summed E-state index contributed by atoms with van der Waals surface area (Å²) >= 11 is 0. The van der Waals surface area contributed by atoms with Crippen LogP contribution >= 0.6 is 10.6 Å². The molecule has 8 nitrogen and oxygen atoms in total. The second kappa shape index (κ2) is 8.96. The molecule has 9 heteroatoms. The summed E-state index contributed by atoms with van der Waals surface area (Å²) in [4.78, 5) is 24.4. The van der Waals surface area contributed by atoms with Gasteiger partial charge in [-0.2, -0.15) is 10.6 Å². The van der Waals surface area contributed by atoms with Gasteiger partial charge in [0.1, 0.15) is 11.2 Å². The Bertz CT molecular complexity index is 1120. The molecule has 0 aliphatic carbocycles. The normalized spacial score (nSPS) is 15.5. The highest BCUT2D eigenvalue weighted by atomic mass is 32.3. The largest absolute Gasteiger partial charge is 0.370 e. The Kier molecular flexibility index (Phi) is 6.29. The topological polar surface area (TPSA) is 104 Å². The molecule has 0 spiro atoms. The van der Waals surface area contributed by atoms with Gasteiger partial charge < -0.3 is 14.8 Å². The van der Waals surface area contributed by atoms with Crippen LogP contribution in [-0.4, -0.2) is 60.5 Å². The van der Waals surface area contributed by atoms with Gasteiger partial charge in [0, 0.05) is 25.7 Å². The van der Waals surface area contributed by atoms with E-state index in [9.17, 15) is 13.9 Å². The van der Waals surface area contributed by atoms with E-state index in [1.165, 1.54) is 23.7 Å². The summed E-state index contributed by atoms with van der Waals surface area (Å²) in [6, 6.07) is 8.97. The molecule has 1 fully saturated rings. The van der Waals surface area contributed by atoms with Crippen molar-refractivity contribution in [3.05, 3.63) is 47.0 Å². The molecule has 1 saturated heterocycles. The Balaban J connectivity index is 1.62. The molecule has 2 aromatic heterocycles. The van der Waals surface area contributed by atoms with Crippen LogP contribution in [0.2, 0.25) is 0 Å². The van der Waals surface area contributed by atoms with E-state index >= 15 is 0 Å². The van der Waals surface area contributed by atoms with E-state index < -0.39 is 10.6 Å². The van der Waals surface area contributed by atoms with E-state index in [1.807, 2.05) is 19.1 Å². The number of benzene rings is 1. The van der Waals surface area contributed by atoms with E-state index in [0.29, 0.717) is 46.2 Å². The Morgan fingerprint density at radius 1 is 1.16 bits per heavy atom. The van der Waals surface area contributed by atoms with Crippen molar-refractivity contribution in [2.45, 2.75) is 24.7 Å². The molecule has 4 rings (SSSR count).